The number of benzene rings is 2. The van der Waals surface area contributed by atoms with E-state index in [-0.39, 0.29) is 6.61 Å². The zero-order valence-corrected chi connectivity index (χ0v) is 20.0. The number of hydrogen-bond acceptors (Lipinski definition) is 6. The Morgan fingerprint density at radius 1 is 1.12 bits per heavy atom. The van der Waals surface area contributed by atoms with Crippen molar-refractivity contribution >= 4 is 28.7 Å². The molecule has 1 atom stereocenters. The van der Waals surface area contributed by atoms with Crippen molar-refractivity contribution in [3.05, 3.63) is 92.7 Å². The quantitative estimate of drug-likeness (QED) is 0.256. The van der Waals surface area contributed by atoms with Gasteiger partial charge in [0.25, 0.3) is 0 Å². The Morgan fingerprint density at radius 2 is 1.91 bits per heavy atom. The summed E-state index contributed by atoms with van der Waals surface area (Å²) in [6.07, 6.45) is 3.58. The molecular weight excluding hydrogens is 432 g/mol. The second-order valence-electron chi connectivity index (χ2n) is 8.05. The van der Waals surface area contributed by atoms with Gasteiger partial charge in [0.05, 0.1) is 17.7 Å². The maximum absolute atomic E-state index is 12.0. The summed E-state index contributed by atoms with van der Waals surface area (Å²) in [4.78, 5) is 22.4. The summed E-state index contributed by atoms with van der Waals surface area (Å²) in [5, 5.41) is 6.21. The van der Waals surface area contributed by atoms with Gasteiger partial charge in [-0.3, -0.25) is 4.99 Å². The maximum atomic E-state index is 12.0. The molecule has 0 fully saturated rings. The monoisotopic (exact) mass is 460 g/mol. The van der Waals surface area contributed by atoms with Crippen LogP contribution < -0.4 is 0 Å². The van der Waals surface area contributed by atoms with Crippen LogP contribution in [0.3, 0.4) is 0 Å². The van der Waals surface area contributed by atoms with Gasteiger partial charge in [0.15, 0.2) is 5.71 Å². The number of carbonyl (C=O) groups is 1. The van der Waals surface area contributed by atoms with Gasteiger partial charge in [-0.25, -0.2) is 4.79 Å². The van der Waals surface area contributed by atoms with E-state index in [1.54, 1.807) is 7.05 Å². The third-order valence-electron chi connectivity index (χ3n) is 6.09. The summed E-state index contributed by atoms with van der Waals surface area (Å²) in [7, 11) is 2.93. The first-order valence-corrected chi connectivity index (χ1v) is 12.0. The number of thiophene rings is 1. The number of esters is 1. The Morgan fingerprint density at radius 3 is 2.67 bits per heavy atom. The summed E-state index contributed by atoms with van der Waals surface area (Å²) in [5.74, 6) is 0.000282. The molecule has 1 unspecified atom stereocenters. The molecule has 0 radical (unpaired) electrons. The highest BCUT2D eigenvalue weighted by atomic mass is 32.1. The van der Waals surface area contributed by atoms with Crippen molar-refractivity contribution < 1.29 is 14.4 Å². The van der Waals surface area contributed by atoms with Gasteiger partial charge >= 0.3 is 5.97 Å². The van der Waals surface area contributed by atoms with Crippen LogP contribution in [0.5, 0.6) is 0 Å². The zero-order valence-electron chi connectivity index (χ0n) is 19.2. The number of aryl methyl sites for hydroxylation is 1. The van der Waals surface area contributed by atoms with E-state index in [2.05, 4.69) is 58.7 Å². The van der Waals surface area contributed by atoms with Crippen LogP contribution in [-0.2, 0) is 27.4 Å². The molecule has 0 saturated heterocycles. The summed E-state index contributed by atoms with van der Waals surface area (Å²) in [6.45, 7) is 2.19. The van der Waals surface area contributed by atoms with Crippen LogP contribution in [0.2, 0.25) is 0 Å². The number of methoxy groups -OCH3 is 1. The number of aliphatic imine (C=N–C) groups is 1. The minimum atomic E-state index is -0.457. The Hall–Kier alpha value is -3.25. The lowest BCUT2D eigenvalue weighted by atomic mass is 9.79. The van der Waals surface area contributed by atoms with Crippen molar-refractivity contribution in [1.29, 1.82) is 0 Å². The van der Waals surface area contributed by atoms with Crippen LogP contribution >= 0.6 is 11.3 Å². The number of carbonyl (C=O) groups excluding carboxylic acids is 1. The van der Waals surface area contributed by atoms with Crippen LogP contribution in [0.25, 0.3) is 0 Å². The molecule has 2 aromatic carbocycles. The first kappa shape index (κ1) is 22.9. The number of hydrogen-bond donors (Lipinski definition) is 0. The van der Waals surface area contributed by atoms with Gasteiger partial charge in [-0.15, -0.1) is 11.3 Å². The van der Waals surface area contributed by atoms with Gasteiger partial charge in [-0.05, 0) is 59.9 Å². The van der Waals surface area contributed by atoms with E-state index in [1.807, 2.05) is 18.4 Å². The van der Waals surface area contributed by atoms with Crippen molar-refractivity contribution in [2.45, 2.75) is 38.7 Å². The Kier molecular flexibility index (Phi) is 7.35. The van der Waals surface area contributed by atoms with Crippen LogP contribution in [0.1, 0.15) is 58.4 Å². The molecule has 5 nitrogen and oxygen atoms in total. The zero-order chi connectivity index (χ0) is 23.2. The lowest BCUT2D eigenvalue weighted by Crippen LogP contribution is -2.17. The molecule has 0 amide bonds. The largest absolute Gasteiger partial charge is 0.464 e. The lowest BCUT2D eigenvalue weighted by Gasteiger charge is -2.26. The average Bonchev–Trinajstić information content (AvgIpc) is 3.32. The van der Waals surface area contributed by atoms with Gasteiger partial charge < -0.3 is 9.57 Å². The molecule has 0 spiro atoms. The Labute approximate surface area is 198 Å². The normalized spacial score (nSPS) is 16.3. The first-order chi connectivity index (χ1) is 16.1. The van der Waals surface area contributed by atoms with Crippen molar-refractivity contribution in [2.75, 3.05) is 14.2 Å². The minimum Gasteiger partial charge on any atom is -0.464 e. The number of fused-ring (bicyclic) bond motifs is 1. The van der Waals surface area contributed by atoms with Crippen molar-refractivity contribution in [3.63, 3.8) is 0 Å². The van der Waals surface area contributed by atoms with E-state index in [0.717, 1.165) is 21.7 Å². The van der Waals surface area contributed by atoms with Crippen molar-refractivity contribution in [3.8, 4) is 0 Å². The molecule has 1 aliphatic rings. The molecule has 1 aromatic heterocycles. The number of nitrogens with zero attached hydrogens (tertiary/aromatic N) is 2. The predicted molar refractivity (Wildman–Crippen MR) is 133 cm³/mol. The molecule has 3 aromatic rings. The SMILES string of the molecule is CN=C(C(=O)OC)c1sccc1CO/N=C(\C)c1ccc(C2CCCc3ccccc32)cc1. The van der Waals surface area contributed by atoms with E-state index in [9.17, 15) is 4.79 Å². The summed E-state index contributed by atoms with van der Waals surface area (Å²) >= 11 is 1.43. The van der Waals surface area contributed by atoms with E-state index in [1.165, 1.54) is 54.4 Å². The lowest BCUT2D eigenvalue weighted by molar-refractivity contribution is -0.132. The molecule has 0 aliphatic heterocycles. The Balaban J connectivity index is 1.43. The molecule has 1 aliphatic carbocycles. The smallest absolute Gasteiger partial charge is 0.357 e. The van der Waals surface area contributed by atoms with Gasteiger partial charge in [-0.2, -0.15) is 0 Å². The topological polar surface area (TPSA) is 60.2 Å². The van der Waals surface area contributed by atoms with Gasteiger partial charge in [0.2, 0.25) is 0 Å². The molecule has 0 N–H and O–H groups in total. The standard InChI is InChI=1S/C27H28N2O3S/c1-18(29-32-17-22-15-16-33-26(22)25(28-2)27(30)31-3)19-11-13-21(14-12-19)24-10-6-8-20-7-4-5-9-23(20)24/h4-5,7,9,11-16,24H,6,8,10,17H2,1-3H3/b28-25?,29-18+. The fraction of sp³-hybridized carbons (Fsp3) is 0.296. The van der Waals surface area contributed by atoms with E-state index < -0.39 is 5.97 Å². The van der Waals surface area contributed by atoms with Gasteiger partial charge in [-0.1, -0.05) is 53.7 Å². The van der Waals surface area contributed by atoms with Crippen LogP contribution in [0.4, 0.5) is 0 Å². The van der Waals surface area contributed by atoms with E-state index in [4.69, 9.17) is 9.57 Å². The molecule has 6 heteroatoms. The molecule has 4 rings (SSSR count). The first-order valence-electron chi connectivity index (χ1n) is 11.1. The fourth-order valence-electron chi connectivity index (χ4n) is 4.35. The predicted octanol–water partition coefficient (Wildman–Crippen LogP) is 5.75. The van der Waals surface area contributed by atoms with Crippen molar-refractivity contribution in [1.82, 2.24) is 0 Å². The highest BCUT2D eigenvalue weighted by molar-refractivity contribution is 7.13. The van der Waals surface area contributed by atoms with Crippen LogP contribution in [0.15, 0.2) is 70.1 Å². The molecule has 33 heavy (non-hydrogen) atoms. The molecule has 0 bridgehead atoms. The third-order valence-corrected chi connectivity index (χ3v) is 7.05. The number of ether oxygens (including phenoxy) is 1. The highest BCUT2D eigenvalue weighted by Crippen LogP contribution is 2.36. The third kappa shape index (κ3) is 5.06. The fourth-order valence-corrected chi connectivity index (χ4v) is 5.28. The van der Waals surface area contributed by atoms with Gasteiger partial charge in [0, 0.05) is 18.5 Å². The Bertz CT molecular complexity index is 1180. The number of oxime groups is 1. The maximum Gasteiger partial charge on any atom is 0.357 e. The van der Waals surface area contributed by atoms with E-state index in [0.29, 0.717) is 11.6 Å². The molecular formula is C27H28N2O3S. The minimum absolute atomic E-state index is 0.253. The summed E-state index contributed by atoms with van der Waals surface area (Å²) in [6, 6.07) is 19.3. The van der Waals surface area contributed by atoms with Crippen molar-refractivity contribution in [2.24, 2.45) is 10.1 Å². The summed E-state index contributed by atoms with van der Waals surface area (Å²) in [5.41, 5.74) is 7.26. The molecule has 1 heterocycles. The second-order valence-corrected chi connectivity index (χ2v) is 8.97. The second kappa shape index (κ2) is 10.6. The highest BCUT2D eigenvalue weighted by Gasteiger charge is 2.21. The van der Waals surface area contributed by atoms with E-state index >= 15 is 0 Å². The van der Waals surface area contributed by atoms with Crippen LogP contribution in [-0.4, -0.2) is 31.6 Å². The average molecular weight is 461 g/mol. The van der Waals surface area contributed by atoms with Crippen LogP contribution in [0, 0.1) is 0 Å². The molecule has 0 saturated carbocycles. The summed E-state index contributed by atoms with van der Waals surface area (Å²) < 4.78 is 4.82. The number of rotatable bonds is 7. The van der Waals surface area contributed by atoms with Gasteiger partial charge in [0.1, 0.15) is 6.61 Å². The molecule has 170 valence electrons.